The summed E-state index contributed by atoms with van der Waals surface area (Å²) in [5, 5.41) is 19.8. The molecule has 17 heteroatoms. The van der Waals surface area contributed by atoms with Crippen molar-refractivity contribution >= 4 is 52.5 Å². The number of aliphatic hydroxyl groups is 1. The highest BCUT2D eigenvalue weighted by molar-refractivity contribution is 7.13. The summed E-state index contributed by atoms with van der Waals surface area (Å²) in [6.07, 6.45) is 4.07. The number of hydrogen-bond acceptors (Lipinski definition) is 11. The average molecular weight is 991 g/mol. The van der Waals surface area contributed by atoms with Gasteiger partial charge in [-0.1, -0.05) is 75.7 Å². The number of amides is 6. The van der Waals surface area contributed by atoms with E-state index in [-0.39, 0.29) is 68.5 Å². The van der Waals surface area contributed by atoms with Gasteiger partial charge in [0.15, 0.2) is 0 Å². The van der Waals surface area contributed by atoms with E-state index in [9.17, 15) is 33.9 Å². The molecule has 3 aliphatic heterocycles. The molecule has 1 saturated heterocycles. The maximum atomic E-state index is 14.2. The van der Waals surface area contributed by atoms with Gasteiger partial charge >= 0.3 is 0 Å². The van der Waals surface area contributed by atoms with Crippen LogP contribution in [0.1, 0.15) is 119 Å². The molecule has 0 radical (unpaired) electrons. The van der Waals surface area contributed by atoms with Gasteiger partial charge in [0, 0.05) is 32.2 Å². The van der Waals surface area contributed by atoms with Gasteiger partial charge in [0.1, 0.15) is 30.5 Å². The predicted octanol–water partition coefficient (Wildman–Crippen LogP) is 5.26. The number of anilines is 1. The highest BCUT2D eigenvalue weighted by Gasteiger charge is 2.45. The molecular weight excluding hydrogens is 921 g/mol. The van der Waals surface area contributed by atoms with Gasteiger partial charge < -0.3 is 42.2 Å². The van der Waals surface area contributed by atoms with E-state index in [4.69, 9.17) is 16.2 Å². The number of thiazole rings is 1. The molecule has 7 rings (SSSR count). The number of para-hydroxylation sites is 1. The molecule has 7 atom stereocenters. The van der Waals surface area contributed by atoms with E-state index in [1.165, 1.54) is 4.90 Å². The summed E-state index contributed by atoms with van der Waals surface area (Å²) in [6.45, 7) is 11.5. The quantitative estimate of drug-likeness (QED) is 0.0628. The Morgan fingerprint density at radius 1 is 0.930 bits per heavy atom. The highest BCUT2D eigenvalue weighted by atomic mass is 32.1. The van der Waals surface area contributed by atoms with E-state index in [0.717, 1.165) is 68.9 Å². The molecule has 71 heavy (non-hydrogen) atoms. The van der Waals surface area contributed by atoms with Gasteiger partial charge in [-0.15, -0.1) is 11.3 Å². The van der Waals surface area contributed by atoms with Crippen molar-refractivity contribution in [1.29, 1.82) is 0 Å². The summed E-state index contributed by atoms with van der Waals surface area (Å²) < 4.78 is 6.23. The summed E-state index contributed by atoms with van der Waals surface area (Å²) >= 11 is 1.57. The minimum absolute atomic E-state index is 0.0105. The van der Waals surface area contributed by atoms with Crippen LogP contribution in [-0.2, 0) is 48.0 Å². The Morgan fingerprint density at radius 3 is 2.37 bits per heavy atom. The Bertz CT molecular complexity index is 2590. The molecule has 0 saturated carbocycles. The second kappa shape index (κ2) is 22.9. The van der Waals surface area contributed by atoms with Crippen molar-refractivity contribution in [2.45, 2.75) is 155 Å². The number of primary amides is 1. The fraction of sp³-hybridized carbons (Fsp3) is 0.500. The topological polar surface area (TPSA) is 239 Å². The molecule has 0 spiro atoms. The van der Waals surface area contributed by atoms with Crippen molar-refractivity contribution in [3.8, 4) is 16.2 Å². The molecule has 0 bridgehead atoms. The van der Waals surface area contributed by atoms with Crippen LogP contribution >= 0.6 is 11.3 Å². The minimum Gasteiger partial charge on any atom is -0.491 e. The third kappa shape index (κ3) is 12.8. The number of nitrogens with one attached hydrogen (secondary N) is 3. The van der Waals surface area contributed by atoms with Crippen LogP contribution in [0.25, 0.3) is 10.4 Å². The number of benzene rings is 3. The zero-order valence-corrected chi connectivity index (χ0v) is 42.6. The number of carbonyl (C=O) groups excluding carboxylic acids is 6. The standard InChI is InChI=1S/C54H70N8O8S/c1-31-15-22-41(70-29-39(21-24-45(56)64)59-51(67)44-26-38-13-10-12-35-20-23-42(55)52(68)62(44)47(35)38)25-37(31)11-8-7-9-14-46(65)60-49(54(4,5)6)53(69)61-28-40(63)27-43(61)50(66)58-32(2)34-16-18-36(19-17-34)48-33(3)57-30-71-48/h10,12-13,15-19,22,25,30,32,39-40,42-44,49,63H,7-9,11,14,20-21,23-24,26-29,55H2,1-6H3,(H2,56,64)(H,58,66)(H,59,67)(H,60,65)/t32-,39-,40+,42-,43-,44-,49+/m0/s1. The van der Waals surface area contributed by atoms with Gasteiger partial charge in [-0.05, 0) is 110 Å². The Balaban J connectivity index is 0.886. The van der Waals surface area contributed by atoms with Crippen LogP contribution in [-0.4, -0.2) is 99.9 Å². The van der Waals surface area contributed by atoms with E-state index in [1.807, 2.05) is 108 Å². The van der Waals surface area contributed by atoms with Crippen molar-refractivity contribution in [2.24, 2.45) is 16.9 Å². The number of unbranched alkanes of at least 4 members (excludes halogenated alkanes) is 2. The zero-order valence-electron chi connectivity index (χ0n) is 41.8. The second-order valence-electron chi connectivity index (χ2n) is 20.6. The number of aromatic nitrogens is 1. The van der Waals surface area contributed by atoms with Crippen molar-refractivity contribution in [2.75, 3.05) is 18.1 Å². The molecule has 8 N–H and O–H groups in total. The van der Waals surface area contributed by atoms with Crippen molar-refractivity contribution < 1.29 is 38.6 Å². The number of β-amino-alcohol motifs (C(OH)–C–C–N with tert-alkyl or cyclic N) is 1. The number of hydrogen-bond donors (Lipinski definition) is 6. The molecule has 4 aromatic rings. The minimum atomic E-state index is -0.921. The SMILES string of the molecule is Cc1ccc(OC[C@H](CCC(N)=O)NC(=O)[C@@H]2Cc3cccc4c3N2C(=O)[C@@H](N)CC4)cc1CCCCCC(=O)N[C@H](C(=O)N1C[C@H](O)C[C@H]1C(=O)N[C@@H](C)c1ccc(-c2scnc2C)cc1)C(C)(C)C. The lowest BCUT2D eigenvalue weighted by atomic mass is 9.85. The zero-order chi connectivity index (χ0) is 51.1. The Labute approximate surface area is 420 Å². The first kappa shape index (κ1) is 52.6. The lowest BCUT2D eigenvalue weighted by molar-refractivity contribution is -0.144. The first-order chi connectivity index (χ1) is 33.8. The highest BCUT2D eigenvalue weighted by Crippen LogP contribution is 2.39. The summed E-state index contributed by atoms with van der Waals surface area (Å²) in [4.78, 5) is 89.0. The lowest BCUT2D eigenvalue weighted by Crippen LogP contribution is -2.57. The molecule has 3 aromatic carbocycles. The molecule has 3 aliphatic rings. The number of carbonyl (C=O) groups is 6. The number of nitrogens with two attached hydrogens (primary N) is 2. The van der Waals surface area contributed by atoms with Crippen molar-refractivity contribution in [1.82, 2.24) is 25.8 Å². The van der Waals surface area contributed by atoms with Crippen LogP contribution in [0.3, 0.4) is 0 Å². The van der Waals surface area contributed by atoms with E-state index >= 15 is 0 Å². The van der Waals surface area contributed by atoms with E-state index in [2.05, 4.69) is 20.9 Å². The lowest BCUT2D eigenvalue weighted by Gasteiger charge is -2.35. The Morgan fingerprint density at radius 2 is 1.66 bits per heavy atom. The number of rotatable bonds is 20. The van der Waals surface area contributed by atoms with Crippen LogP contribution < -0.4 is 37.1 Å². The number of likely N-dealkylation sites (tertiary alicyclic amines) is 1. The maximum absolute atomic E-state index is 14.2. The first-order valence-corrected chi connectivity index (χ1v) is 25.8. The van der Waals surface area contributed by atoms with E-state index < -0.39 is 53.5 Å². The van der Waals surface area contributed by atoms with Gasteiger partial charge in [0.05, 0.1) is 46.0 Å². The van der Waals surface area contributed by atoms with Crippen LogP contribution in [0, 0.1) is 19.3 Å². The van der Waals surface area contributed by atoms with Gasteiger partial charge in [0.25, 0.3) is 0 Å². The number of nitrogens with zero attached hydrogens (tertiary/aromatic N) is 3. The molecular formula is C54H70N8O8S. The molecule has 16 nitrogen and oxygen atoms in total. The third-order valence-electron chi connectivity index (χ3n) is 14.0. The predicted molar refractivity (Wildman–Crippen MR) is 273 cm³/mol. The maximum Gasteiger partial charge on any atom is 0.246 e. The molecule has 380 valence electrons. The fourth-order valence-electron chi connectivity index (χ4n) is 9.90. The first-order valence-electron chi connectivity index (χ1n) is 24.9. The average Bonchev–Trinajstić information content (AvgIpc) is 4.05. The van der Waals surface area contributed by atoms with Crippen molar-refractivity contribution in [3.05, 3.63) is 99.7 Å². The monoisotopic (exact) mass is 991 g/mol. The number of ether oxygens (including phenoxy) is 1. The summed E-state index contributed by atoms with van der Waals surface area (Å²) in [5.74, 6) is -1.57. The molecule has 1 aromatic heterocycles. The Hall–Kier alpha value is -6.17. The van der Waals surface area contributed by atoms with Crippen LogP contribution in [0.4, 0.5) is 5.69 Å². The number of aliphatic hydroxyl groups excluding tert-OH is 1. The van der Waals surface area contributed by atoms with Crippen LogP contribution in [0.2, 0.25) is 0 Å². The largest absolute Gasteiger partial charge is 0.491 e. The molecule has 1 fully saturated rings. The molecule has 6 amide bonds. The van der Waals surface area contributed by atoms with Gasteiger partial charge in [-0.25, -0.2) is 4.98 Å². The van der Waals surface area contributed by atoms with Gasteiger partial charge in [-0.3, -0.25) is 33.7 Å². The summed E-state index contributed by atoms with van der Waals surface area (Å²) in [6, 6.07) is 15.4. The van der Waals surface area contributed by atoms with E-state index in [0.29, 0.717) is 31.4 Å². The third-order valence-corrected chi connectivity index (χ3v) is 15.0. The van der Waals surface area contributed by atoms with Gasteiger partial charge in [-0.2, -0.15) is 0 Å². The van der Waals surface area contributed by atoms with Crippen LogP contribution in [0.5, 0.6) is 5.75 Å². The fourth-order valence-corrected chi connectivity index (χ4v) is 10.7. The molecule has 0 unspecified atom stereocenters. The van der Waals surface area contributed by atoms with Crippen LogP contribution in [0.15, 0.2) is 66.2 Å². The summed E-state index contributed by atoms with van der Waals surface area (Å²) in [7, 11) is 0. The van der Waals surface area contributed by atoms with Crippen molar-refractivity contribution in [3.63, 3.8) is 0 Å². The Kier molecular flexibility index (Phi) is 17.0. The molecule has 4 heterocycles. The second-order valence-corrected chi connectivity index (χ2v) is 21.4. The smallest absolute Gasteiger partial charge is 0.246 e. The van der Waals surface area contributed by atoms with E-state index in [1.54, 1.807) is 16.2 Å². The number of aryl methyl sites for hydroxylation is 4. The van der Waals surface area contributed by atoms with Gasteiger partial charge in [0.2, 0.25) is 35.4 Å². The summed E-state index contributed by atoms with van der Waals surface area (Å²) in [5.41, 5.74) is 20.6. The normalized spacial score (nSPS) is 19.9. The molecule has 0 aliphatic carbocycles.